The van der Waals surface area contributed by atoms with Gasteiger partial charge in [-0.25, -0.2) is 18.4 Å². The van der Waals surface area contributed by atoms with Gasteiger partial charge in [0.2, 0.25) is 5.88 Å². The van der Waals surface area contributed by atoms with Crippen molar-refractivity contribution in [3.05, 3.63) is 72.1 Å². The Balaban J connectivity index is 1.74. The number of nitrogens with zero attached hydrogens (tertiary/aromatic N) is 2. The van der Waals surface area contributed by atoms with E-state index in [2.05, 4.69) is 20.0 Å². The van der Waals surface area contributed by atoms with Crippen molar-refractivity contribution in [1.29, 1.82) is 0 Å². The molecule has 3 aromatic rings. The number of aryl methyl sites for hydroxylation is 1. The van der Waals surface area contributed by atoms with Crippen molar-refractivity contribution in [3.8, 4) is 5.88 Å². The third-order valence-corrected chi connectivity index (χ3v) is 5.27. The van der Waals surface area contributed by atoms with E-state index >= 15 is 0 Å². The molecule has 2 N–H and O–H groups in total. The van der Waals surface area contributed by atoms with Crippen LogP contribution in [0.15, 0.2) is 65.8 Å². The second-order valence-corrected chi connectivity index (χ2v) is 7.53. The smallest absolute Gasteiger partial charge is 0.263 e. The molecule has 0 radical (unpaired) electrons. The summed E-state index contributed by atoms with van der Waals surface area (Å²) in [6.45, 7) is 1.85. The van der Waals surface area contributed by atoms with Gasteiger partial charge in [0, 0.05) is 17.3 Å². The van der Waals surface area contributed by atoms with Gasteiger partial charge in [0.15, 0.2) is 0 Å². The quantitative estimate of drug-likeness (QED) is 0.661. The van der Waals surface area contributed by atoms with Gasteiger partial charge in [-0.15, -0.1) is 0 Å². The van der Waals surface area contributed by atoms with Crippen molar-refractivity contribution in [3.63, 3.8) is 0 Å². The fraction of sp³-hybridized carbons (Fsp3) is 0.105. The van der Waals surface area contributed by atoms with Crippen molar-refractivity contribution in [2.75, 3.05) is 17.1 Å². The minimum absolute atomic E-state index is 0.0268. The van der Waals surface area contributed by atoms with Gasteiger partial charge in [-0.05, 0) is 42.8 Å². The standard InChI is InChI=1S/C19H18N4O4S/c1-13-5-3-4-6-16(13)19(24)22-14-7-9-15(10-8-14)28(25,26)23-17-11-18(27-2)21-12-20-17/h3-12H,1-2H3,(H,22,24)(H,20,21,23). The zero-order chi connectivity index (χ0) is 20.1. The number of ether oxygens (including phenoxy) is 1. The van der Waals surface area contributed by atoms with Crippen molar-refractivity contribution < 1.29 is 17.9 Å². The third-order valence-electron chi connectivity index (χ3n) is 3.90. The van der Waals surface area contributed by atoms with E-state index in [-0.39, 0.29) is 22.5 Å². The molecule has 3 rings (SSSR count). The van der Waals surface area contributed by atoms with Crippen LogP contribution in [0.1, 0.15) is 15.9 Å². The number of carbonyl (C=O) groups is 1. The maximum atomic E-state index is 12.5. The summed E-state index contributed by atoms with van der Waals surface area (Å²) in [5.41, 5.74) is 1.89. The lowest BCUT2D eigenvalue weighted by molar-refractivity contribution is 0.102. The highest BCUT2D eigenvalue weighted by molar-refractivity contribution is 7.92. The lowest BCUT2D eigenvalue weighted by atomic mass is 10.1. The van der Waals surface area contributed by atoms with Gasteiger partial charge in [0.05, 0.1) is 12.0 Å². The van der Waals surface area contributed by atoms with Gasteiger partial charge in [0.1, 0.15) is 12.1 Å². The fourth-order valence-electron chi connectivity index (χ4n) is 2.45. The predicted molar refractivity (Wildman–Crippen MR) is 105 cm³/mol. The van der Waals surface area contributed by atoms with Crippen molar-refractivity contribution in [1.82, 2.24) is 9.97 Å². The van der Waals surface area contributed by atoms with Gasteiger partial charge in [-0.3, -0.25) is 9.52 Å². The average molecular weight is 398 g/mol. The molecule has 0 aliphatic rings. The zero-order valence-corrected chi connectivity index (χ0v) is 16.0. The second kappa shape index (κ2) is 8.05. The molecular formula is C19H18N4O4S. The number of aromatic nitrogens is 2. The van der Waals surface area contributed by atoms with Gasteiger partial charge < -0.3 is 10.1 Å². The molecule has 0 unspecified atom stereocenters. The van der Waals surface area contributed by atoms with Crippen LogP contribution in [0.3, 0.4) is 0 Å². The Kier molecular flexibility index (Phi) is 5.55. The molecule has 1 amide bonds. The summed E-state index contributed by atoms with van der Waals surface area (Å²) in [4.78, 5) is 20.1. The van der Waals surface area contributed by atoms with E-state index in [0.717, 1.165) is 5.56 Å². The first kappa shape index (κ1) is 19.3. The van der Waals surface area contributed by atoms with Crippen LogP contribution < -0.4 is 14.8 Å². The van der Waals surface area contributed by atoms with Crippen molar-refractivity contribution in [2.24, 2.45) is 0 Å². The Labute approximate surface area is 162 Å². The Morgan fingerprint density at radius 1 is 1.04 bits per heavy atom. The normalized spacial score (nSPS) is 10.9. The number of anilines is 2. The Morgan fingerprint density at radius 2 is 1.75 bits per heavy atom. The molecule has 0 saturated carbocycles. The predicted octanol–water partition coefficient (Wildman–Crippen LogP) is 2.85. The highest BCUT2D eigenvalue weighted by Gasteiger charge is 2.16. The molecule has 0 fully saturated rings. The molecule has 0 bridgehead atoms. The Hall–Kier alpha value is -3.46. The zero-order valence-electron chi connectivity index (χ0n) is 15.2. The molecule has 1 heterocycles. The summed E-state index contributed by atoms with van der Waals surface area (Å²) >= 11 is 0. The SMILES string of the molecule is COc1cc(NS(=O)(=O)c2ccc(NC(=O)c3ccccc3C)cc2)ncn1. The molecule has 0 spiro atoms. The molecule has 28 heavy (non-hydrogen) atoms. The number of amides is 1. The van der Waals surface area contributed by atoms with Gasteiger partial charge in [-0.2, -0.15) is 0 Å². The minimum Gasteiger partial charge on any atom is -0.481 e. The van der Waals surface area contributed by atoms with Crippen molar-refractivity contribution in [2.45, 2.75) is 11.8 Å². The van der Waals surface area contributed by atoms with E-state index in [4.69, 9.17) is 4.74 Å². The first-order valence-corrected chi connectivity index (χ1v) is 9.73. The highest BCUT2D eigenvalue weighted by atomic mass is 32.2. The maximum Gasteiger partial charge on any atom is 0.263 e. The van der Waals surface area contributed by atoms with E-state index in [1.54, 1.807) is 12.1 Å². The summed E-state index contributed by atoms with van der Waals surface area (Å²) in [6, 6.07) is 14.4. The number of hydrogen-bond donors (Lipinski definition) is 2. The number of hydrogen-bond acceptors (Lipinski definition) is 6. The molecule has 1 aromatic heterocycles. The van der Waals surface area contributed by atoms with E-state index in [1.165, 1.54) is 43.8 Å². The van der Waals surface area contributed by atoms with Gasteiger partial charge >= 0.3 is 0 Å². The summed E-state index contributed by atoms with van der Waals surface area (Å²) in [6.07, 6.45) is 1.20. The van der Waals surface area contributed by atoms with Crippen LogP contribution in [0, 0.1) is 6.92 Å². The lowest BCUT2D eigenvalue weighted by Crippen LogP contribution is -2.15. The number of carbonyl (C=O) groups excluding carboxylic acids is 1. The third kappa shape index (κ3) is 4.44. The molecule has 8 nitrogen and oxygen atoms in total. The monoisotopic (exact) mass is 398 g/mol. The summed E-state index contributed by atoms with van der Waals surface area (Å²) in [5, 5.41) is 2.75. The Bertz CT molecular complexity index is 1100. The van der Waals surface area contributed by atoms with Crippen LogP contribution >= 0.6 is 0 Å². The lowest BCUT2D eigenvalue weighted by Gasteiger charge is -2.10. The van der Waals surface area contributed by atoms with Crippen LogP contribution in [0.4, 0.5) is 11.5 Å². The van der Waals surface area contributed by atoms with E-state index < -0.39 is 10.0 Å². The van der Waals surface area contributed by atoms with Crippen LogP contribution in [0.5, 0.6) is 5.88 Å². The van der Waals surface area contributed by atoms with E-state index in [9.17, 15) is 13.2 Å². The van der Waals surface area contributed by atoms with Gasteiger partial charge in [-0.1, -0.05) is 18.2 Å². The average Bonchev–Trinajstić information content (AvgIpc) is 2.68. The minimum atomic E-state index is -3.85. The first-order valence-electron chi connectivity index (χ1n) is 8.25. The Morgan fingerprint density at radius 3 is 2.43 bits per heavy atom. The van der Waals surface area contributed by atoms with Crippen molar-refractivity contribution >= 4 is 27.4 Å². The second-order valence-electron chi connectivity index (χ2n) is 5.84. The number of sulfonamides is 1. The molecule has 9 heteroatoms. The molecule has 2 aromatic carbocycles. The first-order chi connectivity index (χ1) is 13.4. The number of rotatable bonds is 6. The number of benzene rings is 2. The number of methoxy groups -OCH3 is 1. The van der Waals surface area contributed by atoms with E-state index in [0.29, 0.717) is 11.3 Å². The summed E-state index contributed by atoms with van der Waals surface area (Å²) < 4.78 is 32.3. The number of nitrogens with one attached hydrogen (secondary N) is 2. The molecule has 0 saturated heterocycles. The topological polar surface area (TPSA) is 110 Å². The van der Waals surface area contributed by atoms with Crippen LogP contribution in [0.25, 0.3) is 0 Å². The molecule has 0 aliphatic carbocycles. The maximum absolute atomic E-state index is 12.5. The molecule has 144 valence electrons. The molecule has 0 atom stereocenters. The van der Waals surface area contributed by atoms with Gasteiger partial charge in [0.25, 0.3) is 15.9 Å². The largest absolute Gasteiger partial charge is 0.481 e. The van der Waals surface area contributed by atoms with Crippen LogP contribution in [0.2, 0.25) is 0 Å². The highest BCUT2D eigenvalue weighted by Crippen LogP contribution is 2.19. The van der Waals surface area contributed by atoms with Crippen LogP contribution in [-0.2, 0) is 10.0 Å². The summed E-state index contributed by atoms with van der Waals surface area (Å²) in [5.74, 6) is 0.0608. The van der Waals surface area contributed by atoms with E-state index in [1.807, 2.05) is 19.1 Å². The summed E-state index contributed by atoms with van der Waals surface area (Å²) in [7, 11) is -2.43. The van der Waals surface area contributed by atoms with Crippen LogP contribution in [-0.4, -0.2) is 31.4 Å². The molecular weight excluding hydrogens is 380 g/mol. The molecule has 0 aliphatic heterocycles. The fourth-order valence-corrected chi connectivity index (χ4v) is 3.45.